The lowest BCUT2D eigenvalue weighted by Crippen LogP contribution is -2.33. The van der Waals surface area contributed by atoms with Gasteiger partial charge in [0, 0.05) is 25.0 Å². The summed E-state index contributed by atoms with van der Waals surface area (Å²) in [5.74, 6) is -1.33. The zero-order chi connectivity index (χ0) is 16.1. The monoisotopic (exact) mass is 320 g/mol. The van der Waals surface area contributed by atoms with Crippen molar-refractivity contribution in [2.75, 3.05) is 7.05 Å². The van der Waals surface area contributed by atoms with Gasteiger partial charge in [-0.3, -0.25) is 4.68 Å². The van der Waals surface area contributed by atoms with Gasteiger partial charge in [0.05, 0.1) is 17.4 Å². The van der Waals surface area contributed by atoms with Gasteiger partial charge < -0.3 is 5.11 Å². The molecule has 0 atom stereocenters. The van der Waals surface area contributed by atoms with Crippen molar-refractivity contribution in [1.29, 1.82) is 0 Å². The van der Waals surface area contributed by atoms with E-state index in [9.17, 15) is 13.2 Å². The van der Waals surface area contributed by atoms with Crippen molar-refractivity contribution in [2.24, 2.45) is 11.4 Å². The number of allylic oxidation sites excluding steroid dienone is 1. The lowest BCUT2D eigenvalue weighted by atomic mass is 10.1. The molecule has 0 amide bonds. The number of rotatable bonds is 2. The Kier molecular flexibility index (Phi) is 3.03. The van der Waals surface area contributed by atoms with Crippen LogP contribution in [0.5, 0.6) is 0 Å². The van der Waals surface area contributed by atoms with Gasteiger partial charge in [0.15, 0.2) is 0 Å². The third-order valence-electron chi connectivity index (χ3n) is 3.43. The van der Waals surface area contributed by atoms with Gasteiger partial charge in [-0.15, -0.1) is 4.40 Å². The van der Waals surface area contributed by atoms with Crippen molar-refractivity contribution >= 4 is 32.8 Å². The fourth-order valence-corrected chi connectivity index (χ4v) is 3.12. The average molecular weight is 320 g/mol. The van der Waals surface area contributed by atoms with Gasteiger partial charge in [-0.2, -0.15) is 13.5 Å². The minimum Gasteiger partial charge on any atom is -0.477 e. The lowest BCUT2D eigenvalue weighted by Gasteiger charge is -2.21. The fraction of sp³-hybridized carbons (Fsp3) is 0.154. The van der Waals surface area contributed by atoms with Crippen LogP contribution in [0.25, 0.3) is 10.9 Å². The van der Waals surface area contributed by atoms with Crippen LogP contribution in [0.2, 0.25) is 0 Å². The number of hydrogen-bond acceptors (Lipinski definition) is 4. The van der Waals surface area contributed by atoms with Crippen molar-refractivity contribution in [1.82, 2.24) is 14.1 Å². The highest BCUT2D eigenvalue weighted by molar-refractivity contribution is 7.88. The summed E-state index contributed by atoms with van der Waals surface area (Å²) in [5, 5.41) is 14.1. The van der Waals surface area contributed by atoms with Gasteiger partial charge in [-0.25, -0.2) is 9.10 Å². The number of carboxylic acid groups (broad SMARTS) is 1. The second-order valence-corrected chi connectivity index (χ2v) is 6.42. The highest BCUT2D eigenvalue weighted by atomic mass is 32.2. The number of aromatic nitrogens is 2. The molecule has 22 heavy (non-hydrogen) atoms. The Morgan fingerprint density at radius 2 is 2.00 bits per heavy atom. The molecule has 0 aliphatic carbocycles. The van der Waals surface area contributed by atoms with Crippen molar-refractivity contribution in [3.63, 3.8) is 0 Å². The molecular weight excluding hydrogens is 308 g/mol. The highest BCUT2D eigenvalue weighted by Crippen LogP contribution is 2.22. The predicted molar refractivity (Wildman–Crippen MR) is 79.7 cm³/mol. The molecule has 2 heterocycles. The Morgan fingerprint density at radius 3 is 2.68 bits per heavy atom. The molecule has 3 rings (SSSR count). The van der Waals surface area contributed by atoms with E-state index in [2.05, 4.69) is 9.50 Å². The zero-order valence-corrected chi connectivity index (χ0v) is 12.6. The maximum atomic E-state index is 12.0. The van der Waals surface area contributed by atoms with Crippen molar-refractivity contribution < 1.29 is 18.3 Å². The molecule has 0 radical (unpaired) electrons. The molecule has 0 fully saturated rings. The second-order valence-electron chi connectivity index (χ2n) is 4.80. The maximum Gasteiger partial charge on any atom is 0.353 e. The SMILES string of the molecule is CN1C(C(=O)O)=CC(c2ccc3c(cnn3C)c2)=NS1(=O)=O. The van der Waals surface area contributed by atoms with E-state index < -0.39 is 16.2 Å². The summed E-state index contributed by atoms with van der Waals surface area (Å²) in [4.78, 5) is 11.2. The molecule has 0 saturated heterocycles. The molecule has 9 heteroatoms. The largest absolute Gasteiger partial charge is 0.477 e. The number of fused-ring (bicyclic) bond motifs is 1. The normalized spacial score (nSPS) is 17.3. The van der Waals surface area contributed by atoms with E-state index in [-0.39, 0.29) is 11.4 Å². The van der Waals surface area contributed by atoms with E-state index in [0.717, 1.165) is 18.0 Å². The van der Waals surface area contributed by atoms with Gasteiger partial charge in [-0.05, 0) is 18.2 Å². The van der Waals surface area contributed by atoms with E-state index in [0.29, 0.717) is 9.87 Å². The molecule has 1 aromatic heterocycles. The molecule has 0 unspecified atom stereocenters. The van der Waals surface area contributed by atoms with Crippen LogP contribution < -0.4 is 0 Å². The van der Waals surface area contributed by atoms with E-state index in [1.165, 1.54) is 6.08 Å². The number of likely N-dealkylation sites (N-methyl/N-ethyl adjacent to an activating group) is 1. The molecular formula is C13H12N4O4S. The first-order valence-electron chi connectivity index (χ1n) is 6.25. The Balaban J connectivity index is 2.18. The molecule has 2 aromatic rings. The van der Waals surface area contributed by atoms with Crippen LogP contribution in [0.1, 0.15) is 5.56 Å². The fourth-order valence-electron chi connectivity index (χ4n) is 2.21. The first kappa shape index (κ1) is 14.3. The molecule has 0 saturated carbocycles. The third-order valence-corrected chi connectivity index (χ3v) is 4.75. The molecule has 1 aliphatic heterocycles. The van der Waals surface area contributed by atoms with Crippen LogP contribution in [-0.4, -0.2) is 46.3 Å². The first-order valence-corrected chi connectivity index (χ1v) is 7.65. The van der Waals surface area contributed by atoms with Gasteiger partial charge in [-0.1, -0.05) is 6.07 Å². The molecule has 1 N–H and O–H groups in total. The summed E-state index contributed by atoms with van der Waals surface area (Å²) < 4.78 is 29.9. The van der Waals surface area contributed by atoms with Gasteiger partial charge in [0.2, 0.25) is 0 Å². The number of benzene rings is 1. The first-order chi connectivity index (χ1) is 10.3. The minimum absolute atomic E-state index is 0.0845. The topological polar surface area (TPSA) is 105 Å². The van der Waals surface area contributed by atoms with E-state index >= 15 is 0 Å². The van der Waals surface area contributed by atoms with Crippen molar-refractivity contribution in [3.05, 3.63) is 41.7 Å². The smallest absolute Gasteiger partial charge is 0.353 e. The average Bonchev–Trinajstić information content (AvgIpc) is 2.82. The van der Waals surface area contributed by atoms with E-state index in [1.54, 1.807) is 36.1 Å². The Hall–Kier alpha value is -2.68. The number of carboxylic acids is 1. The summed E-state index contributed by atoms with van der Waals surface area (Å²) in [6.07, 6.45) is 2.88. The van der Waals surface area contributed by atoms with Crippen LogP contribution in [0.4, 0.5) is 0 Å². The number of aryl methyl sites for hydroxylation is 1. The van der Waals surface area contributed by atoms with Crippen LogP contribution in [0.3, 0.4) is 0 Å². The number of hydrogen-bond donors (Lipinski definition) is 1. The standard InChI is InChI=1S/C13H12N4O4S/c1-16-11-4-3-8(5-9(11)7-14-16)10-6-12(13(18)19)17(2)22(20,21)15-10/h3-7H,1-2H3,(H,18,19). The van der Waals surface area contributed by atoms with Crippen LogP contribution >= 0.6 is 0 Å². The molecule has 0 bridgehead atoms. The highest BCUT2D eigenvalue weighted by Gasteiger charge is 2.29. The summed E-state index contributed by atoms with van der Waals surface area (Å²) in [6, 6.07) is 5.18. The second kappa shape index (κ2) is 4.67. The lowest BCUT2D eigenvalue weighted by molar-refractivity contribution is -0.133. The maximum absolute atomic E-state index is 12.0. The summed E-state index contributed by atoms with van der Waals surface area (Å²) in [7, 11) is -1.10. The van der Waals surface area contributed by atoms with Gasteiger partial charge in [0.25, 0.3) is 0 Å². The van der Waals surface area contributed by atoms with Crippen LogP contribution in [0, 0.1) is 0 Å². The molecule has 114 valence electrons. The van der Waals surface area contributed by atoms with Gasteiger partial charge >= 0.3 is 16.2 Å². The van der Waals surface area contributed by atoms with E-state index in [4.69, 9.17) is 5.11 Å². The number of nitrogens with zero attached hydrogens (tertiary/aromatic N) is 4. The summed E-state index contributed by atoms with van der Waals surface area (Å²) >= 11 is 0. The zero-order valence-electron chi connectivity index (χ0n) is 11.8. The van der Waals surface area contributed by atoms with Crippen LogP contribution in [-0.2, 0) is 22.1 Å². The van der Waals surface area contributed by atoms with Crippen molar-refractivity contribution in [3.8, 4) is 0 Å². The van der Waals surface area contributed by atoms with E-state index in [1.807, 2.05) is 0 Å². The third kappa shape index (κ3) is 2.15. The minimum atomic E-state index is -4.05. The quantitative estimate of drug-likeness (QED) is 0.868. The van der Waals surface area contributed by atoms with Gasteiger partial charge in [0.1, 0.15) is 5.70 Å². The number of aliphatic carboxylic acids is 1. The Morgan fingerprint density at radius 1 is 1.27 bits per heavy atom. The molecule has 0 spiro atoms. The molecule has 8 nitrogen and oxygen atoms in total. The Bertz CT molecular complexity index is 956. The Labute approximate surface area is 126 Å². The predicted octanol–water partition coefficient (Wildman–Crippen LogP) is 0.521. The van der Waals surface area contributed by atoms with Crippen LogP contribution in [0.15, 0.2) is 40.6 Å². The summed E-state index contributed by atoms with van der Waals surface area (Å²) in [5.41, 5.74) is 1.12. The number of carbonyl (C=O) groups is 1. The summed E-state index contributed by atoms with van der Waals surface area (Å²) in [6.45, 7) is 0. The molecule has 1 aliphatic rings. The van der Waals surface area contributed by atoms with Crippen molar-refractivity contribution in [2.45, 2.75) is 0 Å². The molecule has 1 aromatic carbocycles.